The first-order valence-electron chi connectivity index (χ1n) is 10.2. The van der Waals surface area contributed by atoms with Crippen LogP contribution in [0.1, 0.15) is 0 Å². The van der Waals surface area contributed by atoms with E-state index in [-0.39, 0.29) is 6.54 Å². The first-order chi connectivity index (χ1) is 16.4. The van der Waals surface area contributed by atoms with E-state index in [0.29, 0.717) is 34.4 Å². The van der Waals surface area contributed by atoms with Crippen molar-refractivity contribution in [2.75, 3.05) is 45.2 Å². The van der Waals surface area contributed by atoms with Crippen LogP contribution in [-0.4, -0.2) is 69.8 Å². The molecule has 1 fully saturated rings. The van der Waals surface area contributed by atoms with Crippen molar-refractivity contribution in [1.29, 1.82) is 0 Å². The first-order valence-corrected chi connectivity index (χ1v) is 10.2. The van der Waals surface area contributed by atoms with Crippen molar-refractivity contribution >= 4 is 29.1 Å². The van der Waals surface area contributed by atoms with Gasteiger partial charge in [-0.1, -0.05) is 5.22 Å². The summed E-state index contributed by atoms with van der Waals surface area (Å²) in [6.45, 7) is -0.293. The zero-order valence-electron chi connectivity index (χ0n) is 19.0. The molecule has 0 aromatic heterocycles. The predicted molar refractivity (Wildman–Crippen MR) is 119 cm³/mol. The molecule has 2 atom stereocenters. The van der Waals surface area contributed by atoms with E-state index in [1.165, 1.54) is 39.5 Å². The maximum atomic E-state index is 13.2. The van der Waals surface area contributed by atoms with E-state index in [1.54, 1.807) is 30.3 Å². The molecule has 2 aromatic carbocycles. The molecule has 2 aliphatic rings. The second-order valence-corrected chi connectivity index (χ2v) is 7.36. The number of benzene rings is 2. The van der Waals surface area contributed by atoms with Crippen LogP contribution in [0, 0.1) is 0 Å². The fourth-order valence-corrected chi connectivity index (χ4v) is 3.81. The number of carbonyl (C=O) groups excluding carboxylic acids is 3. The number of methoxy groups -OCH3 is 4. The van der Waals surface area contributed by atoms with E-state index in [1.807, 2.05) is 0 Å². The molecule has 0 radical (unpaired) electrons. The largest absolute Gasteiger partial charge is 0.497 e. The number of amides is 3. The summed E-state index contributed by atoms with van der Waals surface area (Å²) in [5.41, 5.74) is 0.728. The van der Waals surface area contributed by atoms with Gasteiger partial charge in [0, 0.05) is 12.1 Å². The summed E-state index contributed by atoms with van der Waals surface area (Å²) in [7, 11) is 5.93. The third kappa shape index (κ3) is 3.93. The van der Waals surface area contributed by atoms with E-state index in [9.17, 15) is 14.4 Å². The Bertz CT molecular complexity index is 1170. The molecule has 2 aromatic rings. The standard InChI is InChI=1S/C22H23N5O7/c1-31-13-6-7-14(16(10-13)33-3)23-18(28)11-26-20-19(24-25-26)21(29)27(22(20)30)12-5-8-15(32-2)17(9-12)34-4/h5-10,19-20H,11H2,1-4H3,(H,23,28)/t19-,20-/m1/s1. The van der Waals surface area contributed by atoms with Crippen LogP contribution >= 0.6 is 0 Å². The van der Waals surface area contributed by atoms with Gasteiger partial charge in [-0.3, -0.25) is 19.4 Å². The smallest absolute Gasteiger partial charge is 0.263 e. The van der Waals surface area contributed by atoms with Crippen molar-refractivity contribution in [2.45, 2.75) is 12.1 Å². The quantitative estimate of drug-likeness (QED) is 0.578. The van der Waals surface area contributed by atoms with Crippen molar-refractivity contribution < 1.29 is 33.3 Å². The fourth-order valence-electron chi connectivity index (χ4n) is 3.81. The van der Waals surface area contributed by atoms with Gasteiger partial charge in [0.2, 0.25) is 5.91 Å². The van der Waals surface area contributed by atoms with Gasteiger partial charge >= 0.3 is 0 Å². The lowest BCUT2D eigenvalue weighted by Crippen LogP contribution is -2.43. The fraction of sp³-hybridized carbons (Fsp3) is 0.318. The minimum atomic E-state index is -1.04. The van der Waals surface area contributed by atoms with Crippen LogP contribution in [0.2, 0.25) is 0 Å². The van der Waals surface area contributed by atoms with Gasteiger partial charge in [-0.25, -0.2) is 4.90 Å². The summed E-state index contributed by atoms with van der Waals surface area (Å²) in [5, 5.41) is 11.8. The molecule has 3 amide bonds. The van der Waals surface area contributed by atoms with E-state index in [0.717, 1.165) is 4.90 Å². The van der Waals surface area contributed by atoms with Crippen molar-refractivity contribution in [3.8, 4) is 23.0 Å². The van der Waals surface area contributed by atoms with Gasteiger partial charge in [0.25, 0.3) is 11.8 Å². The van der Waals surface area contributed by atoms with Gasteiger partial charge in [-0.15, -0.1) is 0 Å². The monoisotopic (exact) mass is 469 g/mol. The van der Waals surface area contributed by atoms with Crippen LogP contribution in [0.15, 0.2) is 46.7 Å². The van der Waals surface area contributed by atoms with Crippen LogP contribution in [0.3, 0.4) is 0 Å². The molecular weight excluding hydrogens is 446 g/mol. The maximum absolute atomic E-state index is 13.2. The van der Waals surface area contributed by atoms with E-state index < -0.39 is 29.8 Å². The number of anilines is 2. The lowest BCUT2D eigenvalue weighted by atomic mass is 10.1. The molecular formula is C22H23N5O7. The zero-order valence-corrected chi connectivity index (χ0v) is 19.0. The lowest BCUT2D eigenvalue weighted by Gasteiger charge is -2.21. The Hall–Kier alpha value is -4.35. The van der Waals surface area contributed by atoms with Crippen molar-refractivity contribution in [3.63, 3.8) is 0 Å². The number of rotatable bonds is 8. The van der Waals surface area contributed by atoms with Crippen molar-refractivity contribution in [1.82, 2.24) is 5.01 Å². The van der Waals surface area contributed by atoms with Crippen LogP contribution in [0.4, 0.5) is 11.4 Å². The highest BCUT2D eigenvalue weighted by molar-refractivity contribution is 6.25. The van der Waals surface area contributed by atoms with Gasteiger partial charge in [0.15, 0.2) is 23.6 Å². The van der Waals surface area contributed by atoms with Crippen LogP contribution in [0.5, 0.6) is 23.0 Å². The Morgan fingerprint density at radius 1 is 0.912 bits per heavy atom. The second-order valence-electron chi connectivity index (χ2n) is 7.36. The Labute approximate surface area is 195 Å². The highest BCUT2D eigenvalue weighted by Crippen LogP contribution is 2.36. The molecule has 0 spiro atoms. The maximum Gasteiger partial charge on any atom is 0.263 e. The highest BCUT2D eigenvalue weighted by atomic mass is 16.5. The number of nitrogens with one attached hydrogen (secondary N) is 1. The lowest BCUT2D eigenvalue weighted by molar-refractivity contribution is -0.123. The zero-order chi connectivity index (χ0) is 24.4. The minimum absolute atomic E-state index is 0.293. The second kappa shape index (κ2) is 9.25. The van der Waals surface area contributed by atoms with Crippen LogP contribution in [0.25, 0.3) is 0 Å². The summed E-state index contributed by atoms with van der Waals surface area (Å²) < 4.78 is 20.9. The summed E-state index contributed by atoms with van der Waals surface area (Å²) in [4.78, 5) is 39.8. The minimum Gasteiger partial charge on any atom is -0.497 e. The van der Waals surface area contributed by atoms with Crippen molar-refractivity contribution in [2.24, 2.45) is 10.3 Å². The molecule has 0 aliphatic carbocycles. The summed E-state index contributed by atoms with van der Waals surface area (Å²) in [6.07, 6.45) is 0. The molecule has 1 saturated heterocycles. The topological polar surface area (TPSA) is 131 Å². The normalized spacial score (nSPS) is 18.7. The molecule has 178 valence electrons. The SMILES string of the molecule is COc1ccc(NC(=O)CN2N=N[C@H]3C(=O)N(c4ccc(OC)c(OC)c4)C(=O)[C@@H]32)c(OC)c1. The number of ether oxygens (including phenoxy) is 4. The van der Waals surface area contributed by atoms with Gasteiger partial charge in [0.1, 0.15) is 18.0 Å². The van der Waals surface area contributed by atoms with Gasteiger partial charge < -0.3 is 24.3 Å². The summed E-state index contributed by atoms with van der Waals surface area (Å²) in [5.74, 6) is 0.249. The first kappa shape index (κ1) is 22.8. The average molecular weight is 469 g/mol. The van der Waals surface area contributed by atoms with Gasteiger partial charge in [-0.2, -0.15) is 5.11 Å². The number of hydrogen-bond acceptors (Lipinski definition) is 10. The molecule has 4 rings (SSSR count). The molecule has 1 N–H and O–H groups in total. The Morgan fingerprint density at radius 2 is 1.65 bits per heavy atom. The van der Waals surface area contributed by atoms with E-state index >= 15 is 0 Å². The predicted octanol–water partition coefficient (Wildman–Crippen LogP) is 1.65. The molecule has 0 saturated carbocycles. The molecule has 12 heteroatoms. The number of carbonyl (C=O) groups is 3. The summed E-state index contributed by atoms with van der Waals surface area (Å²) >= 11 is 0. The molecule has 12 nitrogen and oxygen atoms in total. The Morgan fingerprint density at radius 3 is 2.32 bits per heavy atom. The van der Waals surface area contributed by atoms with Crippen LogP contribution in [-0.2, 0) is 14.4 Å². The third-order valence-corrected chi connectivity index (χ3v) is 5.47. The molecule has 2 heterocycles. The number of imide groups is 1. The van der Waals surface area contributed by atoms with E-state index in [2.05, 4.69) is 15.7 Å². The Balaban J connectivity index is 1.50. The highest BCUT2D eigenvalue weighted by Gasteiger charge is 2.55. The van der Waals surface area contributed by atoms with Gasteiger partial charge in [0.05, 0.1) is 39.8 Å². The number of nitrogens with zero attached hydrogens (tertiary/aromatic N) is 4. The molecule has 0 bridgehead atoms. The Kier molecular flexibility index (Phi) is 6.21. The molecule has 34 heavy (non-hydrogen) atoms. The molecule has 2 aliphatic heterocycles. The molecule has 0 unspecified atom stereocenters. The van der Waals surface area contributed by atoms with E-state index in [4.69, 9.17) is 18.9 Å². The number of fused-ring (bicyclic) bond motifs is 1. The average Bonchev–Trinajstić information content (AvgIpc) is 3.37. The van der Waals surface area contributed by atoms with Crippen LogP contribution < -0.4 is 29.2 Å². The van der Waals surface area contributed by atoms with Gasteiger partial charge in [-0.05, 0) is 24.3 Å². The summed E-state index contributed by atoms with van der Waals surface area (Å²) in [6, 6.07) is 7.56. The van der Waals surface area contributed by atoms with Crippen molar-refractivity contribution in [3.05, 3.63) is 36.4 Å². The third-order valence-electron chi connectivity index (χ3n) is 5.47. The number of hydrogen-bond donors (Lipinski definition) is 1.